The van der Waals surface area contributed by atoms with E-state index in [1.54, 1.807) is 12.1 Å². The molecule has 6 aromatic carbocycles. The first kappa shape index (κ1) is 52.5. The Kier molecular flexibility index (Phi) is 17.3. The van der Waals surface area contributed by atoms with Crippen LogP contribution in [0.1, 0.15) is 49.9 Å². The van der Waals surface area contributed by atoms with Crippen molar-refractivity contribution in [1.29, 1.82) is 0 Å². The van der Waals surface area contributed by atoms with Crippen molar-refractivity contribution in [3.8, 4) is 45.8 Å². The maximum atomic E-state index is 15.3. The van der Waals surface area contributed by atoms with Crippen LogP contribution in [0.4, 0.5) is 0 Å². The van der Waals surface area contributed by atoms with Crippen molar-refractivity contribution < 1.29 is 81.1 Å². The molecule has 18 heteroatoms. The van der Waals surface area contributed by atoms with E-state index in [1.807, 2.05) is 121 Å². The van der Waals surface area contributed by atoms with Crippen LogP contribution in [0.15, 0.2) is 155 Å². The van der Waals surface area contributed by atoms with Gasteiger partial charge >= 0.3 is 23.9 Å². The highest BCUT2D eigenvalue weighted by atomic mass is 17.2. The van der Waals surface area contributed by atoms with Crippen molar-refractivity contribution in [3.63, 3.8) is 0 Å². The van der Waals surface area contributed by atoms with Crippen LogP contribution in [-0.4, -0.2) is 66.3 Å². The molecule has 5 atom stereocenters. The van der Waals surface area contributed by atoms with Gasteiger partial charge in [0.1, 0.15) is 61.6 Å². The lowest BCUT2D eigenvalue weighted by molar-refractivity contribution is -0.325. The SMILES string of the molecule is CC(=O)OOC[C@H]1O[C@@H](Oc2c(-c3cc(OCc4ccccc4)c(OCc4ccccc4)c(OCc4ccccc4)c3)oc3cc(OCc4ccccc4)cc(O)c3c2=O)[C@H](OC(C)=O)[C@@H](OC(C)=O)[C@H]1OC(C)=O. The van der Waals surface area contributed by atoms with Gasteiger partial charge in [-0.05, 0) is 34.4 Å². The summed E-state index contributed by atoms with van der Waals surface area (Å²) in [6, 6.07) is 43.1. The lowest BCUT2D eigenvalue weighted by Crippen LogP contribution is -2.63. The standard InChI is InChI=1S/C57H52O18/c1-34(58)69-53-48(33-68-75-37(4)61)73-57(56(71-36(3)60)55(53)70-35(2)59)74-54-50(63)49-44(62)27-43(64-29-38-17-9-5-10-18-38)28-45(49)72-51(54)42-25-46(65-30-39-19-11-6-12-20-39)52(67-32-41-23-15-8-16-24-41)47(26-42)66-31-40-21-13-7-14-22-40/h5-28,48,53,55-57,62H,29-33H2,1-4H3/t48-,53+,55+,56-,57+/m1/s1. The van der Waals surface area contributed by atoms with Gasteiger partial charge in [-0.2, -0.15) is 4.89 Å². The number of hydrogen-bond acceptors (Lipinski definition) is 18. The van der Waals surface area contributed by atoms with Crippen LogP contribution < -0.4 is 29.1 Å². The van der Waals surface area contributed by atoms with Crippen molar-refractivity contribution >= 4 is 34.8 Å². The molecule has 388 valence electrons. The van der Waals surface area contributed by atoms with Gasteiger partial charge in [0.05, 0.1) is 0 Å². The van der Waals surface area contributed by atoms with Gasteiger partial charge in [-0.25, -0.2) is 4.79 Å². The smallest absolute Gasteiger partial charge is 0.339 e. The molecule has 18 nitrogen and oxygen atoms in total. The first-order valence-corrected chi connectivity index (χ1v) is 23.6. The molecule has 1 saturated heterocycles. The molecule has 1 N–H and O–H groups in total. The molecule has 0 bridgehead atoms. The number of benzene rings is 6. The lowest BCUT2D eigenvalue weighted by Gasteiger charge is -2.43. The first-order valence-electron chi connectivity index (χ1n) is 23.6. The number of fused-ring (bicyclic) bond motifs is 1. The fourth-order valence-electron chi connectivity index (χ4n) is 8.03. The molecule has 0 amide bonds. The van der Waals surface area contributed by atoms with E-state index in [1.165, 1.54) is 12.1 Å². The summed E-state index contributed by atoms with van der Waals surface area (Å²) in [5.74, 6) is -4.45. The number of ether oxygens (including phenoxy) is 9. The van der Waals surface area contributed by atoms with Gasteiger partial charge in [0.25, 0.3) is 0 Å². The number of phenolic OH excluding ortho intramolecular Hbond substituents is 1. The molecule has 2 heterocycles. The van der Waals surface area contributed by atoms with E-state index in [0.717, 1.165) is 49.9 Å². The number of carbonyl (C=O) groups excluding carboxylic acids is 4. The maximum Gasteiger partial charge on any atom is 0.339 e. The highest BCUT2D eigenvalue weighted by Crippen LogP contribution is 2.46. The Bertz CT molecular complexity index is 3080. The minimum absolute atomic E-state index is 0.0446. The highest BCUT2D eigenvalue weighted by molar-refractivity contribution is 5.89. The third-order valence-electron chi connectivity index (χ3n) is 11.3. The lowest BCUT2D eigenvalue weighted by atomic mass is 9.98. The Balaban J connectivity index is 1.33. The second kappa shape index (κ2) is 24.7. The number of phenols is 1. The molecule has 1 aromatic heterocycles. The summed E-state index contributed by atoms with van der Waals surface area (Å²) in [6.45, 7) is 3.86. The molecule has 1 fully saturated rings. The average molecular weight is 1030 g/mol. The van der Waals surface area contributed by atoms with Gasteiger partial charge in [0.15, 0.2) is 29.5 Å². The molecule has 1 aliphatic heterocycles. The zero-order valence-corrected chi connectivity index (χ0v) is 41.2. The Labute approximate surface area is 430 Å². The molecule has 0 saturated carbocycles. The highest BCUT2D eigenvalue weighted by Gasteiger charge is 2.54. The van der Waals surface area contributed by atoms with Crippen molar-refractivity contribution in [3.05, 3.63) is 178 Å². The Morgan fingerprint density at radius 2 is 1.00 bits per heavy atom. The van der Waals surface area contributed by atoms with Crippen LogP contribution in [0.2, 0.25) is 0 Å². The van der Waals surface area contributed by atoms with Gasteiger partial charge < -0.3 is 52.2 Å². The van der Waals surface area contributed by atoms with E-state index in [0.29, 0.717) is 0 Å². The van der Waals surface area contributed by atoms with Crippen LogP contribution in [0.3, 0.4) is 0 Å². The van der Waals surface area contributed by atoms with Crippen molar-refractivity contribution in [2.45, 2.75) is 84.8 Å². The number of hydrogen-bond donors (Lipinski definition) is 1. The predicted molar refractivity (Wildman–Crippen MR) is 266 cm³/mol. The molecule has 0 radical (unpaired) electrons. The van der Waals surface area contributed by atoms with Crippen LogP contribution in [0, 0.1) is 0 Å². The van der Waals surface area contributed by atoms with E-state index in [9.17, 15) is 24.3 Å². The van der Waals surface area contributed by atoms with Gasteiger partial charge in [-0.3, -0.25) is 24.1 Å². The monoisotopic (exact) mass is 1020 g/mol. The predicted octanol–water partition coefficient (Wildman–Crippen LogP) is 8.88. The molecule has 1 aliphatic rings. The molecular formula is C57H52O18. The Morgan fingerprint density at radius 3 is 1.49 bits per heavy atom. The Morgan fingerprint density at radius 1 is 0.533 bits per heavy atom. The summed E-state index contributed by atoms with van der Waals surface area (Å²) < 4.78 is 62.1. The Hall–Kier alpha value is -8.87. The fraction of sp³-hybridized carbons (Fsp3) is 0.246. The normalized spacial score (nSPS) is 17.0. The van der Waals surface area contributed by atoms with Gasteiger partial charge in [0.2, 0.25) is 29.3 Å². The third-order valence-corrected chi connectivity index (χ3v) is 11.3. The zero-order valence-electron chi connectivity index (χ0n) is 41.2. The molecule has 0 unspecified atom stereocenters. The van der Waals surface area contributed by atoms with E-state index >= 15 is 4.79 Å². The van der Waals surface area contributed by atoms with Crippen LogP contribution >= 0.6 is 0 Å². The number of rotatable bonds is 21. The molecule has 7 aromatic rings. The van der Waals surface area contributed by atoms with Gasteiger partial charge in [-0.1, -0.05) is 121 Å². The summed E-state index contributed by atoms with van der Waals surface area (Å²) in [5, 5.41) is 11.3. The fourth-order valence-corrected chi connectivity index (χ4v) is 8.03. The molecular weight excluding hydrogens is 973 g/mol. The van der Waals surface area contributed by atoms with Crippen LogP contribution in [-0.2, 0) is 74.3 Å². The molecule has 0 spiro atoms. The quantitative estimate of drug-likeness (QED) is 0.0307. The van der Waals surface area contributed by atoms with E-state index in [4.69, 9.17) is 56.8 Å². The molecule has 8 rings (SSSR count). The number of aromatic hydroxyl groups is 1. The average Bonchev–Trinajstić information content (AvgIpc) is 3.39. The van der Waals surface area contributed by atoms with Gasteiger partial charge in [-0.15, -0.1) is 0 Å². The summed E-state index contributed by atoms with van der Waals surface area (Å²) in [7, 11) is 0. The van der Waals surface area contributed by atoms with Crippen molar-refractivity contribution in [1.82, 2.24) is 0 Å². The third kappa shape index (κ3) is 13.8. The number of carbonyl (C=O) groups is 4. The minimum atomic E-state index is -1.93. The summed E-state index contributed by atoms with van der Waals surface area (Å²) in [6.07, 6.45) is -8.48. The van der Waals surface area contributed by atoms with Crippen LogP contribution in [0.25, 0.3) is 22.3 Å². The minimum Gasteiger partial charge on any atom is -0.507 e. The summed E-state index contributed by atoms with van der Waals surface area (Å²) >= 11 is 0. The van der Waals surface area contributed by atoms with Crippen molar-refractivity contribution in [2.24, 2.45) is 0 Å². The van der Waals surface area contributed by atoms with E-state index < -0.39 is 78.1 Å². The zero-order chi connectivity index (χ0) is 52.8. The van der Waals surface area contributed by atoms with Crippen LogP contribution in [0.5, 0.6) is 34.5 Å². The second-order valence-corrected chi connectivity index (χ2v) is 17.0. The molecule has 0 aliphatic carbocycles. The van der Waals surface area contributed by atoms with E-state index in [2.05, 4.69) is 0 Å². The second-order valence-electron chi connectivity index (χ2n) is 17.0. The summed E-state index contributed by atoms with van der Waals surface area (Å²) in [4.78, 5) is 75.1. The van der Waals surface area contributed by atoms with E-state index in [-0.39, 0.29) is 71.7 Å². The van der Waals surface area contributed by atoms with Gasteiger partial charge in [0, 0.05) is 45.4 Å². The first-order chi connectivity index (χ1) is 36.3. The summed E-state index contributed by atoms with van der Waals surface area (Å²) in [5.41, 5.74) is 2.23. The topological polar surface area (TPSA) is 220 Å². The van der Waals surface area contributed by atoms with Crippen molar-refractivity contribution in [2.75, 3.05) is 6.61 Å². The number of esters is 3. The molecule has 75 heavy (non-hydrogen) atoms. The maximum absolute atomic E-state index is 15.3. The largest absolute Gasteiger partial charge is 0.507 e.